The molecule has 1 saturated heterocycles. The first-order valence-corrected chi connectivity index (χ1v) is 10.2. The molecule has 9 heteroatoms. The summed E-state index contributed by atoms with van der Waals surface area (Å²) in [6, 6.07) is 8.91. The van der Waals surface area contributed by atoms with Crippen LogP contribution in [0.4, 0.5) is 0 Å². The molecule has 0 radical (unpaired) electrons. The van der Waals surface area contributed by atoms with Gasteiger partial charge in [-0.1, -0.05) is 16.8 Å². The van der Waals surface area contributed by atoms with Crippen LogP contribution in [0.15, 0.2) is 57.9 Å². The molecular weight excluding hydrogens is 406 g/mol. The van der Waals surface area contributed by atoms with E-state index in [4.69, 9.17) is 20.5 Å². The number of nitrogens with zero attached hydrogens (tertiary/aromatic N) is 5. The highest BCUT2D eigenvalue weighted by atomic mass is 35.5. The summed E-state index contributed by atoms with van der Waals surface area (Å²) in [5, 5.41) is 4.61. The molecule has 5 heterocycles. The Labute approximate surface area is 177 Å². The third kappa shape index (κ3) is 3.83. The topological polar surface area (TPSA) is 80.0 Å². The first-order chi connectivity index (χ1) is 14.7. The Kier molecular flexibility index (Phi) is 5.02. The molecule has 0 aliphatic carbocycles. The second-order valence-corrected chi connectivity index (χ2v) is 7.76. The lowest BCUT2D eigenvalue weighted by Gasteiger charge is -2.20. The molecule has 0 spiro atoms. The zero-order chi connectivity index (χ0) is 20.5. The Morgan fingerprint density at radius 3 is 2.90 bits per heavy atom. The number of halogens is 1. The zero-order valence-electron chi connectivity index (χ0n) is 16.2. The van der Waals surface area contributed by atoms with E-state index >= 15 is 0 Å². The smallest absolute Gasteiger partial charge is 0.276 e. The molecule has 1 amide bonds. The van der Waals surface area contributed by atoms with Crippen molar-refractivity contribution in [2.75, 3.05) is 26.2 Å². The van der Waals surface area contributed by atoms with Crippen molar-refractivity contribution in [2.24, 2.45) is 0 Å². The number of carbonyl (C=O) groups excluding carboxylic acids is 1. The molecule has 0 N–H and O–H groups in total. The van der Waals surface area contributed by atoms with Crippen molar-refractivity contribution < 1.29 is 13.7 Å². The van der Waals surface area contributed by atoms with Gasteiger partial charge in [-0.3, -0.25) is 9.69 Å². The van der Waals surface area contributed by atoms with Crippen LogP contribution in [0, 0.1) is 0 Å². The van der Waals surface area contributed by atoms with Gasteiger partial charge in [0, 0.05) is 51.2 Å². The number of furan rings is 1. The van der Waals surface area contributed by atoms with Crippen molar-refractivity contribution >= 4 is 23.2 Å². The number of carbonyl (C=O) groups is 1. The summed E-state index contributed by atoms with van der Waals surface area (Å²) in [5.74, 6) is 0.880. The summed E-state index contributed by atoms with van der Waals surface area (Å²) in [6.45, 7) is 3.70. The Morgan fingerprint density at radius 2 is 2.03 bits per heavy atom. The standard InChI is InChI=1S/C21H20ClN5O3/c22-15-4-5-20-23-16(14-27(20)12-15)13-25-6-2-7-26(9-8-25)21(28)17-11-19(30-24-17)18-3-1-10-29-18/h1,3-5,10-12,14H,2,6-9,13H2. The van der Waals surface area contributed by atoms with Crippen LogP contribution in [-0.2, 0) is 6.54 Å². The minimum absolute atomic E-state index is 0.124. The molecular formula is C21H20ClN5O3. The van der Waals surface area contributed by atoms with Gasteiger partial charge in [-0.25, -0.2) is 4.98 Å². The molecule has 154 valence electrons. The van der Waals surface area contributed by atoms with E-state index in [0.29, 0.717) is 35.3 Å². The maximum absolute atomic E-state index is 12.9. The van der Waals surface area contributed by atoms with Crippen LogP contribution in [0.2, 0.25) is 5.02 Å². The molecule has 0 saturated carbocycles. The number of pyridine rings is 1. The molecule has 0 atom stereocenters. The Hall–Kier alpha value is -3.10. The number of amides is 1. The third-order valence-corrected chi connectivity index (χ3v) is 5.44. The minimum Gasteiger partial charge on any atom is -0.461 e. The van der Waals surface area contributed by atoms with Gasteiger partial charge in [0.05, 0.1) is 17.0 Å². The quantitative estimate of drug-likeness (QED) is 0.497. The molecule has 4 aromatic heterocycles. The molecule has 1 aliphatic heterocycles. The van der Waals surface area contributed by atoms with Gasteiger partial charge in [0.25, 0.3) is 5.91 Å². The zero-order valence-corrected chi connectivity index (χ0v) is 17.0. The molecule has 0 bridgehead atoms. The van der Waals surface area contributed by atoms with Gasteiger partial charge in [0.2, 0.25) is 5.76 Å². The Bertz CT molecular complexity index is 1170. The van der Waals surface area contributed by atoms with Crippen molar-refractivity contribution in [3.63, 3.8) is 0 Å². The van der Waals surface area contributed by atoms with E-state index < -0.39 is 0 Å². The first kappa shape index (κ1) is 18.9. The highest BCUT2D eigenvalue weighted by Gasteiger charge is 2.24. The summed E-state index contributed by atoms with van der Waals surface area (Å²) < 4.78 is 12.5. The number of rotatable bonds is 4. The predicted octanol–water partition coefficient (Wildman–Crippen LogP) is 3.58. The Balaban J connectivity index is 1.23. The highest BCUT2D eigenvalue weighted by Crippen LogP contribution is 2.21. The van der Waals surface area contributed by atoms with Crippen molar-refractivity contribution in [1.29, 1.82) is 0 Å². The third-order valence-electron chi connectivity index (χ3n) is 5.22. The van der Waals surface area contributed by atoms with E-state index in [9.17, 15) is 4.79 Å². The number of aromatic nitrogens is 3. The second-order valence-electron chi connectivity index (χ2n) is 7.32. The van der Waals surface area contributed by atoms with Crippen LogP contribution in [0.5, 0.6) is 0 Å². The van der Waals surface area contributed by atoms with Crippen LogP contribution >= 0.6 is 11.6 Å². The van der Waals surface area contributed by atoms with Crippen LogP contribution in [0.1, 0.15) is 22.6 Å². The van der Waals surface area contributed by atoms with E-state index in [2.05, 4.69) is 15.0 Å². The number of imidazole rings is 1. The lowest BCUT2D eigenvalue weighted by molar-refractivity contribution is 0.0750. The highest BCUT2D eigenvalue weighted by molar-refractivity contribution is 6.30. The van der Waals surface area contributed by atoms with Crippen LogP contribution < -0.4 is 0 Å². The van der Waals surface area contributed by atoms with Gasteiger partial charge in [0.1, 0.15) is 5.65 Å². The molecule has 4 aromatic rings. The second kappa shape index (κ2) is 7.97. The van der Waals surface area contributed by atoms with Gasteiger partial charge in [-0.15, -0.1) is 0 Å². The molecule has 0 aromatic carbocycles. The summed E-state index contributed by atoms with van der Waals surface area (Å²) in [6.07, 6.45) is 6.29. The predicted molar refractivity (Wildman–Crippen MR) is 110 cm³/mol. The largest absolute Gasteiger partial charge is 0.461 e. The molecule has 1 fully saturated rings. The Morgan fingerprint density at radius 1 is 1.10 bits per heavy atom. The molecule has 1 aliphatic rings. The van der Waals surface area contributed by atoms with Crippen LogP contribution in [0.25, 0.3) is 17.2 Å². The van der Waals surface area contributed by atoms with Crippen molar-refractivity contribution in [3.8, 4) is 11.5 Å². The number of hydrogen-bond acceptors (Lipinski definition) is 6. The van der Waals surface area contributed by atoms with E-state index in [1.165, 1.54) is 0 Å². The average Bonchev–Trinajstić information content (AvgIpc) is 3.46. The molecule has 5 rings (SSSR count). The van der Waals surface area contributed by atoms with E-state index in [1.54, 1.807) is 24.5 Å². The fourth-order valence-electron chi connectivity index (χ4n) is 3.73. The monoisotopic (exact) mass is 425 g/mol. The fourth-order valence-corrected chi connectivity index (χ4v) is 3.90. The van der Waals surface area contributed by atoms with Crippen molar-refractivity contribution in [2.45, 2.75) is 13.0 Å². The lowest BCUT2D eigenvalue weighted by Crippen LogP contribution is -2.35. The van der Waals surface area contributed by atoms with E-state index in [-0.39, 0.29) is 5.91 Å². The van der Waals surface area contributed by atoms with Gasteiger partial charge in [-0.2, -0.15) is 0 Å². The summed E-state index contributed by atoms with van der Waals surface area (Å²) >= 11 is 6.05. The minimum atomic E-state index is -0.124. The normalized spacial score (nSPS) is 15.6. The van der Waals surface area contributed by atoms with Gasteiger partial charge in [0.15, 0.2) is 11.5 Å². The summed E-state index contributed by atoms with van der Waals surface area (Å²) in [5.41, 5.74) is 2.16. The first-order valence-electron chi connectivity index (χ1n) is 9.81. The lowest BCUT2D eigenvalue weighted by atomic mass is 10.3. The van der Waals surface area contributed by atoms with Gasteiger partial charge in [-0.05, 0) is 30.7 Å². The van der Waals surface area contributed by atoms with Crippen LogP contribution in [-0.4, -0.2) is 56.4 Å². The SMILES string of the molecule is O=C(c1cc(-c2ccco2)on1)N1CCCN(Cc2cn3cc(Cl)ccc3n2)CC1. The van der Waals surface area contributed by atoms with Crippen molar-refractivity contribution in [1.82, 2.24) is 24.3 Å². The fraction of sp³-hybridized carbons (Fsp3) is 0.286. The molecule has 0 unspecified atom stereocenters. The molecule has 8 nitrogen and oxygen atoms in total. The summed E-state index contributed by atoms with van der Waals surface area (Å²) in [4.78, 5) is 21.7. The van der Waals surface area contributed by atoms with Crippen LogP contribution in [0.3, 0.4) is 0 Å². The van der Waals surface area contributed by atoms with E-state index in [0.717, 1.165) is 37.4 Å². The van der Waals surface area contributed by atoms with E-state index in [1.807, 2.05) is 33.8 Å². The molecule has 30 heavy (non-hydrogen) atoms. The van der Waals surface area contributed by atoms with Gasteiger partial charge >= 0.3 is 0 Å². The maximum Gasteiger partial charge on any atom is 0.276 e. The maximum atomic E-state index is 12.9. The number of fused-ring (bicyclic) bond motifs is 1. The average molecular weight is 426 g/mol. The summed E-state index contributed by atoms with van der Waals surface area (Å²) in [7, 11) is 0. The van der Waals surface area contributed by atoms with Crippen molar-refractivity contribution in [3.05, 3.63) is 65.4 Å². The van der Waals surface area contributed by atoms with Gasteiger partial charge < -0.3 is 18.2 Å². The number of hydrogen-bond donors (Lipinski definition) is 0.